The zero-order valence-electron chi connectivity index (χ0n) is 15.2. The summed E-state index contributed by atoms with van der Waals surface area (Å²) >= 11 is 0. The fourth-order valence-electron chi connectivity index (χ4n) is 3.42. The summed E-state index contributed by atoms with van der Waals surface area (Å²) in [5, 5.41) is 9.86. The maximum absolute atomic E-state index is 13.0. The van der Waals surface area contributed by atoms with Gasteiger partial charge in [-0.05, 0) is 37.0 Å². The van der Waals surface area contributed by atoms with Gasteiger partial charge in [-0.1, -0.05) is 26.0 Å². The summed E-state index contributed by atoms with van der Waals surface area (Å²) in [5.41, 5.74) is 5.17. The minimum atomic E-state index is -3.91. The van der Waals surface area contributed by atoms with E-state index in [0.29, 0.717) is 5.58 Å². The number of hydrogen-bond donors (Lipinski definition) is 4. The Hall–Kier alpha value is -1.94. The van der Waals surface area contributed by atoms with Crippen molar-refractivity contribution in [3.05, 3.63) is 35.6 Å². The Labute approximate surface area is 152 Å². The maximum Gasteiger partial charge on any atom is 0.263 e. The van der Waals surface area contributed by atoms with Crippen molar-refractivity contribution in [2.45, 2.75) is 38.0 Å². The highest BCUT2D eigenvalue weighted by Gasteiger charge is 2.55. The first kappa shape index (κ1) is 20.4. The van der Waals surface area contributed by atoms with Crippen LogP contribution in [0.1, 0.15) is 31.6 Å². The Morgan fingerprint density at radius 1 is 1.38 bits per heavy atom. The molecular formula is C17H25N3O5S. The molecule has 2 atom stereocenters. The number of benzene rings is 1. The van der Waals surface area contributed by atoms with Crippen molar-refractivity contribution in [2.24, 2.45) is 11.8 Å². The highest BCUT2D eigenvalue weighted by atomic mass is 32.2. The van der Waals surface area contributed by atoms with E-state index < -0.39 is 26.5 Å². The normalized spacial score (nSPS) is 15.8. The topological polar surface area (TPSA) is 135 Å². The fourth-order valence-corrected chi connectivity index (χ4v) is 5.12. The highest BCUT2D eigenvalue weighted by molar-refractivity contribution is 7.91. The predicted molar refractivity (Wildman–Crippen MR) is 98.0 cm³/mol. The van der Waals surface area contributed by atoms with Crippen LogP contribution in [0.25, 0.3) is 11.0 Å². The number of furan rings is 1. The molecule has 5 N–H and O–H groups in total. The molecule has 0 bridgehead atoms. The second kappa shape index (κ2) is 7.36. The number of carbonyl (C=O) groups excluding carboxylic acids is 1. The highest BCUT2D eigenvalue weighted by Crippen LogP contribution is 2.42. The van der Waals surface area contributed by atoms with Gasteiger partial charge in [-0.3, -0.25) is 15.8 Å². The van der Waals surface area contributed by atoms with E-state index in [9.17, 15) is 13.2 Å². The standard InChI is InChI=1S/C17H25N3O5S/c1-10(2)9-17(26(4,23)24,15(19-18)16(21)20-22)14-8-12-11(3)6-5-7-13(12)25-14/h5-8,10,15,19,22H,9,18H2,1-4H3,(H,20,21)/t15-,17-/m0/s1. The van der Waals surface area contributed by atoms with Gasteiger partial charge in [0.1, 0.15) is 17.4 Å². The van der Waals surface area contributed by atoms with Gasteiger partial charge in [0.25, 0.3) is 5.91 Å². The third kappa shape index (κ3) is 3.35. The molecule has 8 nitrogen and oxygen atoms in total. The first-order valence-corrected chi connectivity index (χ1v) is 10.1. The third-order valence-corrected chi connectivity index (χ3v) is 6.50. The van der Waals surface area contributed by atoms with Crippen molar-refractivity contribution in [2.75, 3.05) is 6.26 Å². The number of hydroxylamine groups is 1. The molecule has 9 heteroatoms. The first-order valence-electron chi connectivity index (χ1n) is 8.17. The van der Waals surface area contributed by atoms with Crippen molar-refractivity contribution in [3.8, 4) is 0 Å². The van der Waals surface area contributed by atoms with E-state index in [1.165, 1.54) is 5.48 Å². The zero-order valence-corrected chi connectivity index (χ0v) is 16.1. The van der Waals surface area contributed by atoms with Crippen LogP contribution in [-0.2, 0) is 19.4 Å². The van der Waals surface area contributed by atoms with Crippen LogP contribution in [0.2, 0.25) is 0 Å². The average molecular weight is 383 g/mol. The monoisotopic (exact) mass is 383 g/mol. The molecule has 1 heterocycles. The van der Waals surface area contributed by atoms with Crippen molar-refractivity contribution >= 4 is 26.7 Å². The summed E-state index contributed by atoms with van der Waals surface area (Å²) in [6.45, 7) is 5.54. The quantitative estimate of drug-likeness (QED) is 0.322. The molecular weight excluding hydrogens is 358 g/mol. The maximum atomic E-state index is 13.0. The Kier molecular flexibility index (Phi) is 5.76. The molecule has 1 aromatic carbocycles. The van der Waals surface area contributed by atoms with E-state index in [1.54, 1.807) is 18.2 Å². The van der Waals surface area contributed by atoms with Gasteiger partial charge in [-0.15, -0.1) is 0 Å². The van der Waals surface area contributed by atoms with E-state index in [-0.39, 0.29) is 18.1 Å². The molecule has 0 spiro atoms. The van der Waals surface area contributed by atoms with Gasteiger partial charge in [0.2, 0.25) is 0 Å². The number of aryl methyl sites for hydroxylation is 1. The Morgan fingerprint density at radius 2 is 2.04 bits per heavy atom. The van der Waals surface area contributed by atoms with E-state index in [2.05, 4.69) is 5.43 Å². The summed E-state index contributed by atoms with van der Waals surface area (Å²) < 4.78 is 30.0. The lowest BCUT2D eigenvalue weighted by molar-refractivity contribution is -0.132. The SMILES string of the molecule is Cc1cccc2oc([C@@](CC(C)C)([C@@H](NN)C(=O)NO)S(C)(=O)=O)cc12. The van der Waals surface area contributed by atoms with E-state index in [1.807, 2.05) is 26.8 Å². The molecule has 0 aliphatic carbocycles. The van der Waals surface area contributed by atoms with E-state index >= 15 is 0 Å². The molecule has 2 rings (SSSR count). The summed E-state index contributed by atoms with van der Waals surface area (Å²) in [6.07, 6.45) is 1.09. The fraction of sp³-hybridized carbons (Fsp3) is 0.471. The molecule has 26 heavy (non-hydrogen) atoms. The summed E-state index contributed by atoms with van der Waals surface area (Å²) in [6, 6.07) is 5.58. The third-order valence-electron chi connectivity index (χ3n) is 4.58. The van der Waals surface area contributed by atoms with Gasteiger partial charge in [0.05, 0.1) is 0 Å². The van der Waals surface area contributed by atoms with Crippen LogP contribution in [0, 0.1) is 12.8 Å². The smallest absolute Gasteiger partial charge is 0.263 e. The lowest BCUT2D eigenvalue weighted by atomic mass is 9.86. The van der Waals surface area contributed by atoms with Gasteiger partial charge in [-0.2, -0.15) is 0 Å². The lowest BCUT2D eigenvalue weighted by Gasteiger charge is -2.37. The van der Waals surface area contributed by atoms with Crippen LogP contribution >= 0.6 is 0 Å². The van der Waals surface area contributed by atoms with Gasteiger partial charge in [-0.25, -0.2) is 19.3 Å². The number of rotatable bonds is 7. The number of sulfone groups is 1. The molecule has 0 aliphatic heterocycles. The zero-order chi connectivity index (χ0) is 19.7. The number of nitrogens with two attached hydrogens (primary N) is 1. The Morgan fingerprint density at radius 3 is 2.50 bits per heavy atom. The minimum absolute atomic E-state index is 0.0625. The van der Waals surface area contributed by atoms with Crippen LogP contribution in [-0.4, -0.2) is 31.8 Å². The summed E-state index contributed by atoms with van der Waals surface area (Å²) in [5.74, 6) is 4.57. The van der Waals surface area contributed by atoms with Gasteiger partial charge in [0.15, 0.2) is 14.6 Å². The van der Waals surface area contributed by atoms with Crippen LogP contribution < -0.4 is 16.7 Å². The molecule has 1 aromatic heterocycles. The number of hydrazine groups is 1. The van der Waals surface area contributed by atoms with E-state index in [4.69, 9.17) is 15.5 Å². The second-order valence-corrected chi connectivity index (χ2v) is 9.21. The molecule has 0 aliphatic rings. The first-order chi connectivity index (χ1) is 12.1. The van der Waals surface area contributed by atoms with Crippen LogP contribution in [0.4, 0.5) is 0 Å². The summed E-state index contributed by atoms with van der Waals surface area (Å²) in [7, 11) is -3.91. The predicted octanol–water partition coefficient (Wildman–Crippen LogP) is 1.36. The van der Waals surface area contributed by atoms with Crippen LogP contribution in [0.3, 0.4) is 0 Å². The second-order valence-electron chi connectivity index (χ2n) is 6.93. The number of carbonyl (C=O) groups is 1. The molecule has 144 valence electrons. The van der Waals surface area contributed by atoms with Crippen LogP contribution in [0.5, 0.6) is 0 Å². The van der Waals surface area contributed by atoms with Crippen molar-refractivity contribution in [3.63, 3.8) is 0 Å². The van der Waals surface area contributed by atoms with Crippen molar-refractivity contribution in [1.29, 1.82) is 0 Å². The van der Waals surface area contributed by atoms with Gasteiger partial charge < -0.3 is 4.42 Å². The molecule has 2 aromatic rings. The Bertz CT molecular complexity index is 906. The lowest BCUT2D eigenvalue weighted by Crippen LogP contribution is -2.62. The largest absolute Gasteiger partial charge is 0.459 e. The molecule has 0 fully saturated rings. The average Bonchev–Trinajstić information content (AvgIpc) is 2.98. The van der Waals surface area contributed by atoms with E-state index in [0.717, 1.165) is 17.2 Å². The number of amides is 1. The molecule has 0 saturated heterocycles. The molecule has 0 saturated carbocycles. The number of hydrogen-bond acceptors (Lipinski definition) is 7. The number of nitrogens with one attached hydrogen (secondary N) is 2. The van der Waals surface area contributed by atoms with Gasteiger partial charge >= 0.3 is 0 Å². The molecule has 1 amide bonds. The van der Waals surface area contributed by atoms with Crippen molar-refractivity contribution < 1.29 is 22.8 Å². The minimum Gasteiger partial charge on any atom is -0.459 e. The van der Waals surface area contributed by atoms with Gasteiger partial charge in [0, 0.05) is 11.6 Å². The molecule has 0 radical (unpaired) electrons. The number of fused-ring (bicyclic) bond motifs is 1. The molecule has 0 unspecified atom stereocenters. The summed E-state index contributed by atoms with van der Waals surface area (Å²) in [4.78, 5) is 12.3. The van der Waals surface area contributed by atoms with Crippen molar-refractivity contribution in [1.82, 2.24) is 10.9 Å². The Balaban J connectivity index is 2.87. The van der Waals surface area contributed by atoms with Crippen LogP contribution in [0.15, 0.2) is 28.7 Å².